The van der Waals surface area contributed by atoms with Gasteiger partial charge in [0.05, 0.1) is 11.3 Å². The SMILES string of the molecule is CC(=O)Nc1ccc(CN2CCN(c3ccccc3C#N)CC2)cc1. The second-order valence-electron chi connectivity index (χ2n) is 6.27. The van der Waals surface area contributed by atoms with Crippen molar-refractivity contribution in [1.82, 2.24) is 4.90 Å². The lowest BCUT2D eigenvalue weighted by molar-refractivity contribution is -0.114. The smallest absolute Gasteiger partial charge is 0.221 e. The van der Waals surface area contributed by atoms with Gasteiger partial charge in [0.2, 0.25) is 5.91 Å². The van der Waals surface area contributed by atoms with Gasteiger partial charge in [0.1, 0.15) is 6.07 Å². The number of piperazine rings is 1. The molecule has 0 atom stereocenters. The van der Waals surface area contributed by atoms with Gasteiger partial charge in [0.25, 0.3) is 0 Å². The van der Waals surface area contributed by atoms with E-state index in [9.17, 15) is 10.1 Å². The normalized spacial score (nSPS) is 14.8. The van der Waals surface area contributed by atoms with Gasteiger partial charge in [-0.3, -0.25) is 9.69 Å². The molecule has 0 bridgehead atoms. The number of anilines is 2. The number of hydrogen-bond acceptors (Lipinski definition) is 4. The molecule has 2 aromatic carbocycles. The Balaban J connectivity index is 1.56. The molecule has 3 rings (SSSR count). The summed E-state index contributed by atoms with van der Waals surface area (Å²) in [5.74, 6) is -0.0541. The van der Waals surface area contributed by atoms with Crippen LogP contribution in [0.5, 0.6) is 0 Å². The number of nitriles is 1. The van der Waals surface area contributed by atoms with Crippen molar-refractivity contribution in [3.63, 3.8) is 0 Å². The molecule has 1 aliphatic heterocycles. The molecule has 1 amide bonds. The van der Waals surface area contributed by atoms with Gasteiger partial charge in [-0.05, 0) is 29.8 Å². The van der Waals surface area contributed by atoms with E-state index < -0.39 is 0 Å². The van der Waals surface area contributed by atoms with Crippen LogP contribution in [0.2, 0.25) is 0 Å². The molecule has 1 N–H and O–H groups in total. The Morgan fingerprint density at radius 1 is 1.08 bits per heavy atom. The average Bonchev–Trinajstić information content (AvgIpc) is 2.63. The van der Waals surface area contributed by atoms with E-state index in [0.717, 1.165) is 49.7 Å². The molecule has 2 aromatic rings. The molecule has 1 fully saturated rings. The minimum Gasteiger partial charge on any atom is -0.368 e. The van der Waals surface area contributed by atoms with E-state index >= 15 is 0 Å². The number of carbonyl (C=O) groups is 1. The Labute approximate surface area is 148 Å². The lowest BCUT2D eigenvalue weighted by atomic mass is 10.1. The van der Waals surface area contributed by atoms with Crippen molar-refractivity contribution < 1.29 is 4.79 Å². The topological polar surface area (TPSA) is 59.4 Å². The number of amides is 1. The highest BCUT2D eigenvalue weighted by molar-refractivity contribution is 5.88. The highest BCUT2D eigenvalue weighted by Gasteiger charge is 2.19. The summed E-state index contributed by atoms with van der Waals surface area (Å²) in [6.45, 7) is 6.18. The van der Waals surface area contributed by atoms with Crippen molar-refractivity contribution in [2.45, 2.75) is 13.5 Å². The van der Waals surface area contributed by atoms with Crippen LogP contribution in [0.1, 0.15) is 18.1 Å². The van der Waals surface area contributed by atoms with E-state index in [4.69, 9.17) is 0 Å². The van der Waals surface area contributed by atoms with Crippen LogP contribution in [-0.2, 0) is 11.3 Å². The van der Waals surface area contributed by atoms with Crippen LogP contribution in [-0.4, -0.2) is 37.0 Å². The first-order valence-electron chi connectivity index (χ1n) is 8.48. The summed E-state index contributed by atoms with van der Waals surface area (Å²) in [6.07, 6.45) is 0. The molecule has 5 nitrogen and oxygen atoms in total. The predicted octanol–water partition coefficient (Wildman–Crippen LogP) is 2.84. The lowest BCUT2D eigenvalue weighted by Crippen LogP contribution is -2.46. The number of carbonyl (C=O) groups excluding carboxylic acids is 1. The summed E-state index contributed by atoms with van der Waals surface area (Å²) in [7, 11) is 0. The van der Waals surface area contributed by atoms with E-state index in [1.54, 1.807) is 0 Å². The molecule has 0 spiro atoms. The van der Waals surface area contributed by atoms with E-state index in [-0.39, 0.29) is 5.91 Å². The molecule has 5 heteroatoms. The van der Waals surface area contributed by atoms with Crippen molar-refractivity contribution in [1.29, 1.82) is 5.26 Å². The summed E-state index contributed by atoms with van der Waals surface area (Å²) in [6, 6.07) is 18.1. The number of nitrogens with one attached hydrogen (secondary N) is 1. The monoisotopic (exact) mass is 334 g/mol. The fourth-order valence-electron chi connectivity index (χ4n) is 3.15. The van der Waals surface area contributed by atoms with E-state index in [1.807, 2.05) is 36.4 Å². The standard InChI is InChI=1S/C20H22N4O/c1-16(25)22-19-8-6-17(7-9-19)15-23-10-12-24(13-11-23)20-5-3-2-4-18(20)14-21/h2-9H,10-13,15H2,1H3,(H,22,25). The minimum absolute atomic E-state index is 0.0541. The third kappa shape index (κ3) is 4.37. The Morgan fingerprint density at radius 2 is 1.76 bits per heavy atom. The molecule has 128 valence electrons. The Kier molecular flexibility index (Phi) is 5.32. The van der Waals surface area contributed by atoms with Crippen molar-refractivity contribution in [3.8, 4) is 6.07 Å². The van der Waals surface area contributed by atoms with Gasteiger partial charge in [0, 0.05) is 45.3 Å². The molecular formula is C20H22N4O. The van der Waals surface area contributed by atoms with E-state index in [1.165, 1.54) is 12.5 Å². The summed E-state index contributed by atoms with van der Waals surface area (Å²) in [5, 5.41) is 12.0. The zero-order chi connectivity index (χ0) is 17.6. The van der Waals surface area contributed by atoms with Gasteiger partial charge in [0.15, 0.2) is 0 Å². The average molecular weight is 334 g/mol. The quantitative estimate of drug-likeness (QED) is 0.934. The zero-order valence-electron chi connectivity index (χ0n) is 14.4. The molecule has 25 heavy (non-hydrogen) atoms. The predicted molar refractivity (Wildman–Crippen MR) is 99.4 cm³/mol. The summed E-state index contributed by atoms with van der Waals surface area (Å²) >= 11 is 0. The van der Waals surface area contributed by atoms with Crippen LogP contribution in [0, 0.1) is 11.3 Å². The van der Waals surface area contributed by atoms with Gasteiger partial charge in [-0.2, -0.15) is 5.26 Å². The van der Waals surface area contributed by atoms with Crippen LogP contribution in [0.15, 0.2) is 48.5 Å². The zero-order valence-corrected chi connectivity index (χ0v) is 14.4. The van der Waals surface area contributed by atoms with Crippen LogP contribution in [0.3, 0.4) is 0 Å². The summed E-state index contributed by atoms with van der Waals surface area (Å²) in [4.78, 5) is 15.8. The molecule has 1 heterocycles. The Hall–Kier alpha value is -2.84. The van der Waals surface area contributed by atoms with Crippen LogP contribution in [0.25, 0.3) is 0 Å². The largest absolute Gasteiger partial charge is 0.368 e. The second kappa shape index (κ2) is 7.82. The van der Waals surface area contributed by atoms with Crippen molar-refractivity contribution in [2.24, 2.45) is 0 Å². The molecule has 1 saturated heterocycles. The summed E-state index contributed by atoms with van der Waals surface area (Å²) in [5.41, 5.74) is 3.84. The van der Waals surface area contributed by atoms with Gasteiger partial charge in [-0.25, -0.2) is 0 Å². The van der Waals surface area contributed by atoms with Crippen molar-refractivity contribution in [2.75, 3.05) is 36.4 Å². The number of hydrogen-bond donors (Lipinski definition) is 1. The fourth-order valence-corrected chi connectivity index (χ4v) is 3.15. The summed E-state index contributed by atoms with van der Waals surface area (Å²) < 4.78 is 0. The van der Waals surface area contributed by atoms with E-state index in [0.29, 0.717) is 0 Å². The number of rotatable bonds is 4. The first-order valence-corrected chi connectivity index (χ1v) is 8.48. The van der Waals surface area contributed by atoms with Crippen LogP contribution in [0.4, 0.5) is 11.4 Å². The van der Waals surface area contributed by atoms with E-state index in [2.05, 4.69) is 33.3 Å². The van der Waals surface area contributed by atoms with Gasteiger partial charge >= 0.3 is 0 Å². The van der Waals surface area contributed by atoms with Crippen molar-refractivity contribution in [3.05, 3.63) is 59.7 Å². The first-order chi connectivity index (χ1) is 12.2. The molecule has 0 aliphatic carbocycles. The first kappa shape index (κ1) is 17.0. The van der Waals surface area contributed by atoms with Gasteiger partial charge in [-0.1, -0.05) is 24.3 Å². The number of para-hydroxylation sites is 1. The maximum absolute atomic E-state index is 11.1. The molecule has 0 unspecified atom stereocenters. The van der Waals surface area contributed by atoms with Crippen molar-refractivity contribution >= 4 is 17.3 Å². The second-order valence-corrected chi connectivity index (χ2v) is 6.27. The molecular weight excluding hydrogens is 312 g/mol. The van der Waals surface area contributed by atoms with Crippen LogP contribution < -0.4 is 10.2 Å². The third-order valence-corrected chi connectivity index (χ3v) is 4.42. The Bertz CT molecular complexity index is 771. The number of benzene rings is 2. The highest BCUT2D eigenvalue weighted by Crippen LogP contribution is 2.21. The molecule has 1 aliphatic rings. The minimum atomic E-state index is -0.0541. The maximum Gasteiger partial charge on any atom is 0.221 e. The Morgan fingerprint density at radius 3 is 2.40 bits per heavy atom. The molecule has 0 radical (unpaired) electrons. The highest BCUT2D eigenvalue weighted by atomic mass is 16.1. The van der Waals surface area contributed by atoms with Gasteiger partial charge < -0.3 is 10.2 Å². The van der Waals surface area contributed by atoms with Crippen LogP contribution >= 0.6 is 0 Å². The molecule has 0 saturated carbocycles. The molecule has 0 aromatic heterocycles. The maximum atomic E-state index is 11.1. The lowest BCUT2D eigenvalue weighted by Gasteiger charge is -2.36. The van der Waals surface area contributed by atoms with Gasteiger partial charge in [-0.15, -0.1) is 0 Å². The number of nitrogens with zero attached hydrogens (tertiary/aromatic N) is 3. The third-order valence-electron chi connectivity index (χ3n) is 4.42. The fraction of sp³-hybridized carbons (Fsp3) is 0.300.